The minimum Gasteiger partial charge on any atom is -0.480 e. The van der Waals surface area contributed by atoms with E-state index in [1.54, 1.807) is 18.8 Å². The summed E-state index contributed by atoms with van der Waals surface area (Å²) in [6, 6.07) is 19.2. The Balaban J connectivity index is 0.00000112. The molecule has 0 bridgehead atoms. The number of aromatic nitrogens is 1. The number of carbonyl (C=O) groups is 2. The van der Waals surface area contributed by atoms with Crippen molar-refractivity contribution >= 4 is 24.0 Å². The second-order valence-electron chi connectivity index (χ2n) is 11.2. The fourth-order valence-corrected chi connectivity index (χ4v) is 6.72. The maximum Gasteiger partial charge on any atom is 0.321 e. The summed E-state index contributed by atoms with van der Waals surface area (Å²) in [5, 5.41) is 12.5. The Labute approximate surface area is 236 Å². The van der Waals surface area contributed by atoms with Crippen LogP contribution >= 0.6 is 11.8 Å². The Bertz CT molecular complexity index is 1350. The molecule has 1 unspecified atom stereocenters. The number of likely N-dealkylation sites (N-methyl/N-ethyl adjacent to an activating group) is 1. The van der Waals surface area contributed by atoms with E-state index in [0.717, 1.165) is 38.5 Å². The summed E-state index contributed by atoms with van der Waals surface area (Å²) in [5.41, 5.74) is 11.0. The zero-order chi connectivity index (χ0) is 28.2. The standard InChI is InChI=1S/C31H36N2O2S.C2H4O/c1-20-10-12-23(13-11-20)28-25(16-27(21-14-15-21)36-18-24(32-4)30(34)35)33-19-31(2,3)17-26(33)29(28)22-8-6-5-7-9-22;1-2-3/h5-13,24,32H,14-19H2,1-4H3,(H,34,35);2H,1H3. The largest absolute Gasteiger partial charge is 0.480 e. The highest BCUT2D eigenvalue weighted by Crippen LogP contribution is 2.49. The van der Waals surface area contributed by atoms with Crippen LogP contribution in [0.3, 0.4) is 0 Å². The molecule has 1 aromatic heterocycles. The third-order valence-corrected chi connectivity index (χ3v) is 8.69. The quantitative estimate of drug-likeness (QED) is 0.286. The van der Waals surface area contributed by atoms with Gasteiger partial charge in [-0.3, -0.25) is 4.79 Å². The first-order valence-electron chi connectivity index (χ1n) is 13.7. The van der Waals surface area contributed by atoms with Gasteiger partial charge in [-0.05, 0) is 61.6 Å². The van der Waals surface area contributed by atoms with Gasteiger partial charge in [0.15, 0.2) is 0 Å². The molecule has 1 aliphatic heterocycles. The first kappa shape index (κ1) is 28.9. The average molecular weight is 545 g/mol. The van der Waals surface area contributed by atoms with Crippen molar-refractivity contribution in [3.63, 3.8) is 0 Å². The number of aliphatic carboxylic acids is 1. The minimum atomic E-state index is -0.790. The third-order valence-electron chi connectivity index (χ3n) is 7.41. The highest BCUT2D eigenvalue weighted by molar-refractivity contribution is 8.03. The molecule has 1 fully saturated rings. The van der Waals surface area contributed by atoms with Crippen LogP contribution in [-0.4, -0.2) is 40.8 Å². The number of carboxylic acid groups (broad SMARTS) is 1. The Morgan fingerprint density at radius 2 is 1.69 bits per heavy atom. The molecule has 1 saturated carbocycles. The van der Waals surface area contributed by atoms with Crippen LogP contribution in [0.15, 0.2) is 65.1 Å². The fraction of sp³-hybridized carbons (Fsp3) is 0.394. The maximum absolute atomic E-state index is 11.6. The number of nitrogens with zero attached hydrogens (tertiary/aromatic N) is 1. The molecule has 3 aromatic rings. The first-order valence-corrected chi connectivity index (χ1v) is 14.7. The van der Waals surface area contributed by atoms with Gasteiger partial charge in [-0.2, -0.15) is 0 Å². The van der Waals surface area contributed by atoms with Crippen molar-refractivity contribution in [2.75, 3.05) is 12.8 Å². The second kappa shape index (κ2) is 12.4. The van der Waals surface area contributed by atoms with Gasteiger partial charge in [0.25, 0.3) is 0 Å². The Hall–Kier alpha value is -3.09. The molecule has 0 radical (unpaired) electrons. The SMILES string of the molecule is CC=O.CNC(CSC(Cc1c(-c2ccc(C)cc2)c(-c2ccccc2)c2n1CC(C)(C)C2)=C1CC1)C(=O)O. The molecule has 6 heteroatoms. The van der Waals surface area contributed by atoms with Crippen molar-refractivity contribution in [3.8, 4) is 22.3 Å². The topological polar surface area (TPSA) is 71.3 Å². The highest BCUT2D eigenvalue weighted by Gasteiger charge is 2.36. The number of allylic oxidation sites excluding steroid dienone is 2. The summed E-state index contributed by atoms with van der Waals surface area (Å²) in [5.74, 6) is -0.253. The number of hydrogen-bond acceptors (Lipinski definition) is 4. The molecule has 0 saturated heterocycles. The molecule has 2 heterocycles. The van der Waals surface area contributed by atoms with E-state index >= 15 is 0 Å². The molecule has 5 rings (SSSR count). The molecule has 39 heavy (non-hydrogen) atoms. The van der Waals surface area contributed by atoms with Gasteiger partial charge in [0.05, 0.1) is 0 Å². The van der Waals surface area contributed by atoms with E-state index in [1.165, 1.54) is 56.6 Å². The number of aryl methyl sites for hydroxylation is 1. The zero-order valence-corrected chi connectivity index (χ0v) is 24.5. The number of nitrogens with one attached hydrogen (secondary N) is 1. The van der Waals surface area contributed by atoms with Crippen LogP contribution in [0.25, 0.3) is 22.3 Å². The van der Waals surface area contributed by atoms with E-state index in [0.29, 0.717) is 5.75 Å². The Morgan fingerprint density at radius 1 is 1.08 bits per heavy atom. The minimum absolute atomic E-state index is 0.208. The molecule has 2 aromatic carbocycles. The number of rotatable bonds is 9. The van der Waals surface area contributed by atoms with E-state index in [4.69, 9.17) is 4.79 Å². The summed E-state index contributed by atoms with van der Waals surface area (Å²) in [6.07, 6.45) is 4.92. The van der Waals surface area contributed by atoms with Crippen LogP contribution in [0.2, 0.25) is 0 Å². The van der Waals surface area contributed by atoms with Crippen LogP contribution in [0.4, 0.5) is 0 Å². The van der Waals surface area contributed by atoms with Crippen molar-refractivity contribution in [1.82, 2.24) is 9.88 Å². The molecule has 0 spiro atoms. The lowest BCUT2D eigenvalue weighted by molar-refractivity contribution is -0.138. The monoisotopic (exact) mass is 544 g/mol. The maximum atomic E-state index is 11.6. The van der Waals surface area contributed by atoms with Crippen LogP contribution in [0.5, 0.6) is 0 Å². The Kier molecular flexibility index (Phi) is 9.19. The van der Waals surface area contributed by atoms with E-state index in [-0.39, 0.29) is 5.41 Å². The summed E-state index contributed by atoms with van der Waals surface area (Å²) in [7, 11) is 1.73. The molecule has 206 valence electrons. The number of benzene rings is 2. The van der Waals surface area contributed by atoms with Gasteiger partial charge in [0.2, 0.25) is 0 Å². The molecule has 1 aliphatic carbocycles. The van der Waals surface area contributed by atoms with Gasteiger partial charge in [-0.25, -0.2) is 0 Å². The van der Waals surface area contributed by atoms with E-state index in [2.05, 4.69) is 85.3 Å². The molecular weight excluding hydrogens is 504 g/mol. The van der Waals surface area contributed by atoms with Crippen LogP contribution in [-0.2, 0) is 29.0 Å². The number of thioether (sulfide) groups is 1. The predicted octanol–water partition coefficient (Wildman–Crippen LogP) is 6.91. The molecular formula is C33H40N2O3S. The highest BCUT2D eigenvalue weighted by atomic mass is 32.2. The van der Waals surface area contributed by atoms with Crippen LogP contribution in [0, 0.1) is 12.3 Å². The molecule has 5 nitrogen and oxygen atoms in total. The van der Waals surface area contributed by atoms with E-state index in [9.17, 15) is 9.90 Å². The lowest BCUT2D eigenvalue weighted by atomic mass is 9.86. The molecule has 1 atom stereocenters. The van der Waals surface area contributed by atoms with Gasteiger partial charge in [0, 0.05) is 41.2 Å². The van der Waals surface area contributed by atoms with Gasteiger partial charge in [-0.1, -0.05) is 79.6 Å². The fourth-order valence-electron chi connectivity index (χ4n) is 5.40. The first-order chi connectivity index (χ1) is 18.7. The van der Waals surface area contributed by atoms with Crippen molar-refractivity contribution in [2.45, 2.75) is 66.0 Å². The summed E-state index contributed by atoms with van der Waals surface area (Å²) in [4.78, 5) is 21.8. The van der Waals surface area contributed by atoms with Crippen LogP contribution in [0.1, 0.15) is 50.6 Å². The number of aldehydes is 1. The smallest absolute Gasteiger partial charge is 0.321 e. The second-order valence-corrected chi connectivity index (χ2v) is 12.3. The summed E-state index contributed by atoms with van der Waals surface area (Å²) < 4.78 is 2.59. The normalized spacial score (nSPS) is 15.7. The van der Waals surface area contributed by atoms with Crippen molar-refractivity contribution < 1.29 is 14.7 Å². The van der Waals surface area contributed by atoms with Gasteiger partial charge in [-0.15, -0.1) is 11.8 Å². The number of carboxylic acids is 1. The number of fused-ring (bicyclic) bond motifs is 1. The van der Waals surface area contributed by atoms with Gasteiger partial charge < -0.3 is 19.8 Å². The average Bonchev–Trinajstić information content (AvgIpc) is 3.64. The van der Waals surface area contributed by atoms with Gasteiger partial charge in [0.1, 0.15) is 12.3 Å². The lowest BCUT2D eigenvalue weighted by Gasteiger charge is -2.20. The zero-order valence-electron chi connectivity index (χ0n) is 23.7. The van der Waals surface area contributed by atoms with Crippen molar-refractivity contribution in [2.24, 2.45) is 5.41 Å². The Morgan fingerprint density at radius 3 is 2.26 bits per heavy atom. The van der Waals surface area contributed by atoms with Crippen LogP contribution < -0.4 is 5.32 Å². The number of carbonyl (C=O) groups excluding carboxylic acids is 1. The molecule has 2 N–H and O–H groups in total. The molecule has 2 aliphatic rings. The number of hydrogen-bond donors (Lipinski definition) is 2. The lowest BCUT2D eigenvalue weighted by Crippen LogP contribution is -2.36. The van der Waals surface area contributed by atoms with E-state index in [1.807, 2.05) is 0 Å². The summed E-state index contributed by atoms with van der Waals surface area (Å²) >= 11 is 1.73. The van der Waals surface area contributed by atoms with Gasteiger partial charge >= 0.3 is 5.97 Å². The van der Waals surface area contributed by atoms with Crippen molar-refractivity contribution in [3.05, 3.63) is 82.0 Å². The third kappa shape index (κ3) is 6.74. The predicted molar refractivity (Wildman–Crippen MR) is 162 cm³/mol. The molecule has 0 amide bonds. The van der Waals surface area contributed by atoms with E-state index < -0.39 is 12.0 Å². The van der Waals surface area contributed by atoms with Crippen molar-refractivity contribution in [1.29, 1.82) is 0 Å². The summed E-state index contributed by atoms with van der Waals surface area (Å²) in [6.45, 7) is 9.32.